The summed E-state index contributed by atoms with van der Waals surface area (Å²) < 4.78 is 38.6. The van der Waals surface area contributed by atoms with Crippen molar-refractivity contribution in [3.63, 3.8) is 0 Å². The predicted molar refractivity (Wildman–Crippen MR) is 136 cm³/mol. The SMILES string of the molecule is Cc1ccc(P(c2ccc(C(C)(C)C)cc2)c2ccc(C(C)(C)C)cc2)c(S(=O)(=O)F)c1. The molecule has 3 aromatic rings. The Balaban J connectivity index is 2.24. The molecule has 32 heavy (non-hydrogen) atoms. The Morgan fingerprint density at radius 3 is 1.44 bits per heavy atom. The van der Waals surface area contributed by atoms with Gasteiger partial charge in [0, 0.05) is 5.30 Å². The lowest BCUT2D eigenvalue weighted by Gasteiger charge is -2.25. The van der Waals surface area contributed by atoms with Crippen LogP contribution in [-0.2, 0) is 21.1 Å². The second kappa shape index (κ2) is 8.72. The van der Waals surface area contributed by atoms with Gasteiger partial charge in [-0.3, -0.25) is 0 Å². The first-order chi connectivity index (χ1) is 14.7. The Hall–Kier alpha value is -2.03. The highest BCUT2D eigenvalue weighted by atomic mass is 32.3. The molecule has 0 aromatic heterocycles. The van der Waals surface area contributed by atoms with E-state index < -0.39 is 18.1 Å². The van der Waals surface area contributed by atoms with Crippen LogP contribution >= 0.6 is 7.92 Å². The van der Waals surface area contributed by atoms with Crippen molar-refractivity contribution in [2.75, 3.05) is 0 Å². The van der Waals surface area contributed by atoms with Crippen LogP contribution in [0, 0.1) is 6.92 Å². The van der Waals surface area contributed by atoms with Crippen LogP contribution in [0.3, 0.4) is 0 Å². The van der Waals surface area contributed by atoms with Gasteiger partial charge in [0.15, 0.2) is 0 Å². The molecular weight excluding hydrogens is 438 g/mol. The molecule has 0 fully saturated rings. The summed E-state index contributed by atoms with van der Waals surface area (Å²) in [6.45, 7) is 14.7. The monoisotopic (exact) mass is 470 g/mol. The third kappa shape index (κ3) is 5.47. The molecule has 0 N–H and O–H groups in total. The second-order valence-corrected chi connectivity index (χ2v) is 13.8. The van der Waals surface area contributed by atoms with E-state index in [1.54, 1.807) is 13.0 Å². The molecular formula is C27H32FO2PS. The minimum absolute atomic E-state index is 0.00688. The summed E-state index contributed by atoms with van der Waals surface area (Å²) >= 11 is 0. The van der Waals surface area contributed by atoms with Crippen molar-refractivity contribution in [3.8, 4) is 0 Å². The van der Waals surface area contributed by atoms with Crippen LogP contribution < -0.4 is 15.9 Å². The van der Waals surface area contributed by atoms with Gasteiger partial charge < -0.3 is 0 Å². The van der Waals surface area contributed by atoms with Crippen molar-refractivity contribution in [2.45, 2.75) is 64.2 Å². The van der Waals surface area contributed by atoms with Crippen molar-refractivity contribution in [1.82, 2.24) is 0 Å². The standard InChI is InChI=1S/C27H32FO2PS/c1-19-8-17-24(25(18-19)32(28,29)30)31(22-13-9-20(10-14-22)26(2,3)4)23-15-11-21(12-16-23)27(5,6)7/h8-18H,1-7H3. The second-order valence-electron chi connectivity index (χ2n) is 10.3. The molecule has 0 aliphatic carbocycles. The van der Waals surface area contributed by atoms with Gasteiger partial charge in [-0.2, -0.15) is 8.42 Å². The highest BCUT2D eigenvalue weighted by Crippen LogP contribution is 2.37. The number of aryl methyl sites for hydroxylation is 1. The maximum atomic E-state index is 14.4. The third-order valence-corrected chi connectivity index (χ3v) is 9.12. The number of hydrogen-bond acceptors (Lipinski definition) is 2. The van der Waals surface area contributed by atoms with E-state index in [9.17, 15) is 12.3 Å². The fourth-order valence-electron chi connectivity index (χ4n) is 3.65. The Bertz CT molecular complexity index is 1140. The van der Waals surface area contributed by atoms with Crippen LogP contribution in [0.4, 0.5) is 3.89 Å². The molecule has 0 unspecified atom stereocenters. The summed E-state index contributed by atoms with van der Waals surface area (Å²) in [5.74, 6) is 0. The topological polar surface area (TPSA) is 34.1 Å². The minimum Gasteiger partial charge on any atom is -0.189 e. The van der Waals surface area contributed by atoms with Gasteiger partial charge in [-0.05, 0) is 59.0 Å². The number of hydrogen-bond donors (Lipinski definition) is 0. The molecule has 0 saturated carbocycles. The molecule has 3 rings (SSSR count). The fourth-order valence-corrected chi connectivity index (χ4v) is 7.15. The third-order valence-electron chi connectivity index (χ3n) is 5.60. The predicted octanol–water partition coefficient (Wildman–Crippen LogP) is 6.01. The van der Waals surface area contributed by atoms with Crippen LogP contribution in [0.5, 0.6) is 0 Å². The molecule has 0 atom stereocenters. The Labute approximate surface area is 193 Å². The highest BCUT2D eigenvalue weighted by Gasteiger charge is 2.27. The normalized spacial score (nSPS) is 12.9. The summed E-state index contributed by atoms with van der Waals surface area (Å²) in [5, 5.41) is 2.50. The lowest BCUT2D eigenvalue weighted by Crippen LogP contribution is -2.25. The largest absolute Gasteiger partial charge is 0.332 e. The van der Waals surface area contributed by atoms with Gasteiger partial charge in [-0.1, -0.05) is 102 Å². The zero-order valence-electron chi connectivity index (χ0n) is 19.9. The van der Waals surface area contributed by atoms with Gasteiger partial charge in [0.25, 0.3) is 0 Å². The van der Waals surface area contributed by atoms with Gasteiger partial charge in [0.05, 0.1) is 0 Å². The minimum atomic E-state index is -4.86. The van der Waals surface area contributed by atoms with Crippen molar-refractivity contribution >= 4 is 34.1 Å². The van der Waals surface area contributed by atoms with Gasteiger partial charge >= 0.3 is 10.2 Å². The molecule has 0 aliphatic rings. The van der Waals surface area contributed by atoms with Crippen molar-refractivity contribution in [3.05, 3.63) is 83.4 Å². The number of benzene rings is 3. The van der Waals surface area contributed by atoms with E-state index in [0.29, 0.717) is 10.9 Å². The smallest absolute Gasteiger partial charge is 0.189 e. The van der Waals surface area contributed by atoms with Gasteiger partial charge in [-0.25, -0.2) is 0 Å². The van der Waals surface area contributed by atoms with E-state index in [0.717, 1.165) is 10.6 Å². The Morgan fingerprint density at radius 1 is 0.688 bits per heavy atom. The number of halogens is 1. The van der Waals surface area contributed by atoms with E-state index in [2.05, 4.69) is 90.1 Å². The molecule has 0 amide bonds. The first kappa shape index (κ1) is 24.6. The van der Waals surface area contributed by atoms with Crippen molar-refractivity contribution in [1.29, 1.82) is 0 Å². The summed E-state index contributed by atoms with van der Waals surface area (Å²) in [6, 6.07) is 21.6. The number of rotatable bonds is 4. The van der Waals surface area contributed by atoms with E-state index in [1.165, 1.54) is 17.2 Å². The van der Waals surface area contributed by atoms with Crippen molar-refractivity contribution < 1.29 is 12.3 Å². The maximum absolute atomic E-state index is 14.4. The van der Waals surface area contributed by atoms with Gasteiger partial charge in [-0.15, -0.1) is 3.89 Å². The summed E-state index contributed by atoms with van der Waals surface area (Å²) in [5.41, 5.74) is 3.12. The zero-order valence-corrected chi connectivity index (χ0v) is 21.6. The van der Waals surface area contributed by atoms with Crippen LogP contribution in [0.15, 0.2) is 71.6 Å². The average Bonchev–Trinajstić information content (AvgIpc) is 2.68. The van der Waals surface area contributed by atoms with Gasteiger partial charge in [0.2, 0.25) is 0 Å². The fraction of sp³-hybridized carbons (Fsp3) is 0.333. The maximum Gasteiger partial charge on any atom is 0.332 e. The molecule has 3 aromatic carbocycles. The molecule has 5 heteroatoms. The molecule has 0 aliphatic heterocycles. The van der Waals surface area contributed by atoms with Crippen LogP contribution in [-0.4, -0.2) is 8.42 Å². The Morgan fingerprint density at radius 2 is 1.09 bits per heavy atom. The summed E-state index contributed by atoms with van der Waals surface area (Å²) in [7, 11) is -6.12. The molecule has 0 radical (unpaired) electrons. The molecule has 0 saturated heterocycles. The molecule has 170 valence electrons. The quantitative estimate of drug-likeness (QED) is 0.346. The zero-order chi connectivity index (χ0) is 23.9. The van der Waals surface area contributed by atoms with Crippen LogP contribution in [0.1, 0.15) is 58.2 Å². The Kier molecular flexibility index (Phi) is 6.71. The first-order valence-corrected chi connectivity index (χ1v) is 13.5. The highest BCUT2D eigenvalue weighted by molar-refractivity contribution is 7.88. The summed E-state index contributed by atoms with van der Waals surface area (Å²) in [4.78, 5) is -0.233. The molecule has 0 spiro atoms. The van der Waals surface area contributed by atoms with Crippen LogP contribution in [0.25, 0.3) is 0 Å². The van der Waals surface area contributed by atoms with Crippen molar-refractivity contribution in [2.24, 2.45) is 0 Å². The summed E-state index contributed by atoms with van der Waals surface area (Å²) in [6.07, 6.45) is 0. The van der Waals surface area contributed by atoms with E-state index >= 15 is 0 Å². The lowest BCUT2D eigenvalue weighted by molar-refractivity contribution is 0.552. The van der Waals surface area contributed by atoms with Crippen LogP contribution in [0.2, 0.25) is 0 Å². The lowest BCUT2D eigenvalue weighted by atomic mass is 9.87. The molecule has 0 bridgehead atoms. The van der Waals surface area contributed by atoms with E-state index in [4.69, 9.17) is 0 Å². The molecule has 2 nitrogen and oxygen atoms in total. The average molecular weight is 471 g/mol. The van der Waals surface area contributed by atoms with E-state index in [-0.39, 0.29) is 15.7 Å². The van der Waals surface area contributed by atoms with Gasteiger partial charge in [0.1, 0.15) is 4.90 Å². The first-order valence-electron chi connectivity index (χ1n) is 10.7. The van der Waals surface area contributed by atoms with E-state index in [1.807, 2.05) is 6.07 Å². The molecule has 0 heterocycles.